The third-order valence-electron chi connectivity index (χ3n) is 4.02. The first-order valence-corrected chi connectivity index (χ1v) is 7.03. The molecule has 2 saturated heterocycles. The molecule has 0 radical (unpaired) electrons. The highest BCUT2D eigenvalue weighted by Crippen LogP contribution is 2.21. The van der Waals surface area contributed by atoms with Gasteiger partial charge in [-0.15, -0.1) is 0 Å². The molecule has 2 atom stereocenters. The quantitative estimate of drug-likeness (QED) is 0.702. The van der Waals surface area contributed by atoms with Crippen molar-refractivity contribution < 1.29 is 0 Å². The van der Waals surface area contributed by atoms with Gasteiger partial charge in [0.1, 0.15) is 0 Å². The van der Waals surface area contributed by atoms with Crippen LogP contribution in [0.4, 0.5) is 0 Å². The molecular formula is C14H26N2. The molecule has 2 nitrogen and oxygen atoms in total. The van der Waals surface area contributed by atoms with Crippen LogP contribution in [-0.2, 0) is 0 Å². The van der Waals surface area contributed by atoms with E-state index in [4.69, 9.17) is 0 Å². The van der Waals surface area contributed by atoms with Crippen LogP contribution in [-0.4, -0.2) is 25.2 Å². The molecule has 92 valence electrons. The Labute approximate surface area is 99.9 Å². The Kier molecular flexibility index (Phi) is 4.86. The monoisotopic (exact) mass is 222 g/mol. The Morgan fingerprint density at radius 1 is 0.750 bits per heavy atom. The van der Waals surface area contributed by atoms with E-state index in [1.165, 1.54) is 70.0 Å². The Morgan fingerprint density at radius 2 is 1.25 bits per heavy atom. The van der Waals surface area contributed by atoms with Crippen molar-refractivity contribution in [3.8, 4) is 0 Å². The number of hydrogen-bond acceptors (Lipinski definition) is 2. The van der Waals surface area contributed by atoms with Gasteiger partial charge in [0.15, 0.2) is 0 Å². The van der Waals surface area contributed by atoms with Gasteiger partial charge in [0.2, 0.25) is 0 Å². The summed E-state index contributed by atoms with van der Waals surface area (Å²) < 4.78 is 0. The van der Waals surface area contributed by atoms with Gasteiger partial charge in [0.25, 0.3) is 0 Å². The SMILES string of the molecule is C=C(C1CCCCCN1)C1CCCCCN1. The summed E-state index contributed by atoms with van der Waals surface area (Å²) >= 11 is 0. The lowest BCUT2D eigenvalue weighted by Gasteiger charge is -2.26. The highest BCUT2D eigenvalue weighted by atomic mass is 15.0. The molecule has 0 aromatic heterocycles. The Balaban J connectivity index is 1.88. The number of nitrogens with one attached hydrogen (secondary N) is 2. The van der Waals surface area contributed by atoms with Gasteiger partial charge in [-0.05, 0) is 44.3 Å². The molecule has 2 unspecified atom stereocenters. The van der Waals surface area contributed by atoms with Crippen molar-refractivity contribution in [2.24, 2.45) is 0 Å². The largest absolute Gasteiger partial charge is 0.310 e. The van der Waals surface area contributed by atoms with Gasteiger partial charge in [0, 0.05) is 12.1 Å². The van der Waals surface area contributed by atoms with E-state index in [9.17, 15) is 0 Å². The fraction of sp³-hybridized carbons (Fsp3) is 0.857. The maximum Gasteiger partial charge on any atom is 0.0292 e. The minimum Gasteiger partial charge on any atom is -0.310 e. The topological polar surface area (TPSA) is 24.1 Å². The highest BCUT2D eigenvalue weighted by molar-refractivity contribution is 5.14. The first kappa shape index (κ1) is 12.1. The zero-order valence-electron chi connectivity index (χ0n) is 10.4. The van der Waals surface area contributed by atoms with Gasteiger partial charge in [-0.3, -0.25) is 0 Å². The summed E-state index contributed by atoms with van der Waals surface area (Å²) in [6.45, 7) is 6.71. The molecule has 0 saturated carbocycles. The standard InChI is InChI=1S/C14H26N2/c1-12(13-8-4-2-6-10-15-13)14-9-5-3-7-11-16-14/h13-16H,1-11H2. The van der Waals surface area contributed by atoms with Crippen LogP contribution in [0.2, 0.25) is 0 Å². The molecule has 16 heavy (non-hydrogen) atoms. The first-order chi connectivity index (χ1) is 7.88. The third kappa shape index (κ3) is 3.33. The lowest BCUT2D eigenvalue weighted by Crippen LogP contribution is -2.40. The molecule has 0 aliphatic carbocycles. The zero-order valence-corrected chi connectivity index (χ0v) is 10.4. The summed E-state index contributed by atoms with van der Waals surface area (Å²) in [6.07, 6.45) is 10.7. The maximum absolute atomic E-state index is 4.36. The van der Waals surface area contributed by atoms with E-state index in [1.54, 1.807) is 0 Å². The van der Waals surface area contributed by atoms with Gasteiger partial charge < -0.3 is 10.6 Å². The summed E-state index contributed by atoms with van der Waals surface area (Å²) in [7, 11) is 0. The molecule has 0 amide bonds. The van der Waals surface area contributed by atoms with Gasteiger partial charge in [-0.2, -0.15) is 0 Å². The van der Waals surface area contributed by atoms with Gasteiger partial charge in [0.05, 0.1) is 0 Å². The normalized spacial score (nSPS) is 32.8. The molecule has 2 heteroatoms. The van der Waals surface area contributed by atoms with Crippen molar-refractivity contribution in [1.29, 1.82) is 0 Å². The predicted octanol–water partition coefficient (Wildman–Crippen LogP) is 2.61. The van der Waals surface area contributed by atoms with Crippen LogP contribution in [0.1, 0.15) is 51.4 Å². The molecule has 2 aliphatic rings. The molecule has 2 N–H and O–H groups in total. The van der Waals surface area contributed by atoms with Crippen LogP contribution in [0.25, 0.3) is 0 Å². The Bertz CT molecular complexity index is 187. The Morgan fingerprint density at radius 3 is 1.75 bits per heavy atom. The van der Waals surface area contributed by atoms with Crippen molar-refractivity contribution in [2.75, 3.05) is 13.1 Å². The van der Waals surface area contributed by atoms with Crippen molar-refractivity contribution in [3.05, 3.63) is 12.2 Å². The van der Waals surface area contributed by atoms with Crippen molar-refractivity contribution in [3.63, 3.8) is 0 Å². The summed E-state index contributed by atoms with van der Waals surface area (Å²) in [4.78, 5) is 0. The van der Waals surface area contributed by atoms with Gasteiger partial charge in [-0.1, -0.05) is 32.3 Å². The Hall–Kier alpha value is -0.340. The zero-order chi connectivity index (χ0) is 11.2. The summed E-state index contributed by atoms with van der Waals surface area (Å²) in [5.74, 6) is 0. The van der Waals surface area contributed by atoms with E-state index < -0.39 is 0 Å². The fourth-order valence-corrected chi connectivity index (χ4v) is 2.93. The van der Waals surface area contributed by atoms with Crippen LogP contribution in [0.15, 0.2) is 12.2 Å². The van der Waals surface area contributed by atoms with E-state index in [0.29, 0.717) is 12.1 Å². The number of rotatable bonds is 2. The highest BCUT2D eigenvalue weighted by Gasteiger charge is 2.22. The second-order valence-electron chi connectivity index (χ2n) is 5.29. The predicted molar refractivity (Wildman–Crippen MR) is 69.7 cm³/mol. The molecule has 0 bridgehead atoms. The van der Waals surface area contributed by atoms with Crippen LogP contribution in [0.3, 0.4) is 0 Å². The van der Waals surface area contributed by atoms with E-state index in [-0.39, 0.29) is 0 Å². The second kappa shape index (κ2) is 6.41. The average Bonchev–Trinajstić information content (AvgIpc) is 2.73. The van der Waals surface area contributed by atoms with Crippen molar-refractivity contribution in [1.82, 2.24) is 10.6 Å². The summed E-state index contributed by atoms with van der Waals surface area (Å²) in [5, 5.41) is 7.32. The smallest absolute Gasteiger partial charge is 0.0292 e. The average molecular weight is 222 g/mol. The van der Waals surface area contributed by atoms with Crippen molar-refractivity contribution in [2.45, 2.75) is 63.5 Å². The van der Waals surface area contributed by atoms with Crippen LogP contribution in [0.5, 0.6) is 0 Å². The van der Waals surface area contributed by atoms with E-state index >= 15 is 0 Å². The van der Waals surface area contributed by atoms with E-state index in [1.807, 2.05) is 0 Å². The molecule has 2 aliphatic heterocycles. The molecule has 2 rings (SSSR count). The third-order valence-corrected chi connectivity index (χ3v) is 4.02. The first-order valence-electron chi connectivity index (χ1n) is 7.03. The minimum absolute atomic E-state index is 0.568. The summed E-state index contributed by atoms with van der Waals surface area (Å²) in [5.41, 5.74) is 1.42. The summed E-state index contributed by atoms with van der Waals surface area (Å²) in [6, 6.07) is 1.14. The van der Waals surface area contributed by atoms with Crippen molar-refractivity contribution >= 4 is 0 Å². The minimum atomic E-state index is 0.568. The van der Waals surface area contributed by atoms with Gasteiger partial charge in [-0.25, -0.2) is 0 Å². The second-order valence-corrected chi connectivity index (χ2v) is 5.29. The molecule has 2 fully saturated rings. The van der Waals surface area contributed by atoms with Gasteiger partial charge >= 0.3 is 0 Å². The molecular weight excluding hydrogens is 196 g/mol. The lowest BCUT2D eigenvalue weighted by atomic mass is 9.94. The fourth-order valence-electron chi connectivity index (χ4n) is 2.93. The van der Waals surface area contributed by atoms with E-state index in [0.717, 1.165) is 0 Å². The van der Waals surface area contributed by atoms with Crippen LogP contribution >= 0.6 is 0 Å². The molecule has 0 aromatic carbocycles. The molecule has 0 spiro atoms. The van der Waals surface area contributed by atoms with Crippen LogP contribution < -0.4 is 10.6 Å². The molecule has 0 aromatic rings. The number of hydrogen-bond donors (Lipinski definition) is 2. The lowest BCUT2D eigenvalue weighted by molar-refractivity contribution is 0.483. The van der Waals surface area contributed by atoms with Crippen LogP contribution in [0, 0.1) is 0 Å². The molecule has 2 heterocycles. The van der Waals surface area contributed by atoms with E-state index in [2.05, 4.69) is 17.2 Å². The maximum atomic E-state index is 4.36.